The number of nitrogens with two attached hydrogens (primary N) is 1. The summed E-state index contributed by atoms with van der Waals surface area (Å²) in [5, 5.41) is 14.0. The predicted octanol–water partition coefficient (Wildman–Crippen LogP) is 1.04. The van der Waals surface area contributed by atoms with Gasteiger partial charge in [-0.25, -0.2) is 15.8 Å². The summed E-state index contributed by atoms with van der Waals surface area (Å²) in [6.45, 7) is 1.34. The molecule has 20 heavy (non-hydrogen) atoms. The lowest BCUT2D eigenvalue weighted by atomic mass is 10.1. The number of nitrogen functional groups attached to an aromatic ring is 1. The summed E-state index contributed by atoms with van der Waals surface area (Å²) in [4.78, 5) is 18.1. The van der Waals surface area contributed by atoms with E-state index in [2.05, 4.69) is 20.7 Å². The van der Waals surface area contributed by atoms with E-state index in [1.165, 1.54) is 12.7 Å². The summed E-state index contributed by atoms with van der Waals surface area (Å²) in [6.07, 6.45) is 5.52. The fourth-order valence-electron chi connectivity index (χ4n) is 2.17. The highest BCUT2D eigenvalue weighted by Crippen LogP contribution is 2.28. The van der Waals surface area contributed by atoms with Gasteiger partial charge in [-0.1, -0.05) is 0 Å². The molecule has 1 aromatic rings. The van der Waals surface area contributed by atoms with Crippen LogP contribution >= 0.6 is 0 Å². The highest BCUT2D eigenvalue weighted by molar-refractivity contribution is 5.68. The first-order chi connectivity index (χ1) is 9.72. The number of hydrazine groups is 1. The van der Waals surface area contributed by atoms with Crippen LogP contribution in [0.25, 0.3) is 0 Å². The second-order valence-electron chi connectivity index (χ2n) is 4.52. The van der Waals surface area contributed by atoms with Crippen LogP contribution in [0.1, 0.15) is 25.7 Å². The molecular weight excluding hydrogens is 264 g/mol. The van der Waals surface area contributed by atoms with Crippen LogP contribution in [-0.2, 0) is 4.74 Å². The molecule has 0 amide bonds. The molecule has 4 N–H and O–H groups in total. The largest absolute Gasteiger partial charge is 0.378 e. The van der Waals surface area contributed by atoms with Crippen LogP contribution in [0.4, 0.5) is 17.3 Å². The van der Waals surface area contributed by atoms with E-state index >= 15 is 0 Å². The molecule has 1 saturated heterocycles. The molecule has 1 fully saturated rings. The quantitative estimate of drug-likeness (QED) is 0.401. The summed E-state index contributed by atoms with van der Waals surface area (Å²) >= 11 is 0. The van der Waals surface area contributed by atoms with Crippen molar-refractivity contribution in [3.05, 3.63) is 16.4 Å². The van der Waals surface area contributed by atoms with Gasteiger partial charge in [0, 0.05) is 13.2 Å². The summed E-state index contributed by atoms with van der Waals surface area (Å²) in [5.41, 5.74) is 1.95. The van der Waals surface area contributed by atoms with Gasteiger partial charge in [0.05, 0.1) is 11.0 Å². The molecule has 2 rings (SSSR count). The molecule has 0 saturated carbocycles. The zero-order chi connectivity index (χ0) is 14.4. The highest BCUT2D eigenvalue weighted by Gasteiger charge is 2.22. The first kappa shape index (κ1) is 14.4. The van der Waals surface area contributed by atoms with E-state index in [9.17, 15) is 10.1 Å². The molecule has 0 spiro atoms. The van der Waals surface area contributed by atoms with Gasteiger partial charge in [-0.15, -0.1) is 0 Å². The summed E-state index contributed by atoms with van der Waals surface area (Å²) < 4.78 is 5.60. The van der Waals surface area contributed by atoms with Crippen molar-refractivity contribution in [2.75, 3.05) is 23.9 Å². The van der Waals surface area contributed by atoms with Gasteiger partial charge in [0.1, 0.15) is 6.33 Å². The Bertz CT molecular complexity index is 463. The topological polar surface area (TPSA) is 128 Å². The molecule has 110 valence electrons. The van der Waals surface area contributed by atoms with Gasteiger partial charge >= 0.3 is 5.69 Å². The Kier molecular flexibility index (Phi) is 5.02. The van der Waals surface area contributed by atoms with Crippen LogP contribution in [0, 0.1) is 10.1 Å². The lowest BCUT2D eigenvalue weighted by molar-refractivity contribution is -0.383. The Balaban J connectivity index is 1.96. The van der Waals surface area contributed by atoms with Crippen molar-refractivity contribution in [3.63, 3.8) is 0 Å². The number of nitro groups is 1. The Morgan fingerprint density at radius 2 is 2.25 bits per heavy atom. The van der Waals surface area contributed by atoms with Crippen LogP contribution in [0.2, 0.25) is 0 Å². The van der Waals surface area contributed by atoms with Gasteiger partial charge in [0.25, 0.3) is 0 Å². The molecular formula is C11H18N6O3. The molecule has 9 nitrogen and oxygen atoms in total. The first-order valence-electron chi connectivity index (χ1n) is 6.54. The fraction of sp³-hybridized carbons (Fsp3) is 0.636. The van der Waals surface area contributed by atoms with Crippen molar-refractivity contribution in [2.24, 2.45) is 5.84 Å². The minimum Gasteiger partial charge on any atom is -0.378 e. The molecule has 1 atom stereocenters. The Morgan fingerprint density at radius 1 is 1.45 bits per heavy atom. The van der Waals surface area contributed by atoms with E-state index in [0.717, 1.165) is 25.9 Å². The number of aromatic nitrogens is 2. The van der Waals surface area contributed by atoms with E-state index in [4.69, 9.17) is 10.6 Å². The summed E-state index contributed by atoms with van der Waals surface area (Å²) in [6, 6.07) is 0. The van der Waals surface area contributed by atoms with Gasteiger partial charge < -0.3 is 15.5 Å². The van der Waals surface area contributed by atoms with Crippen molar-refractivity contribution in [2.45, 2.75) is 31.8 Å². The molecule has 2 heterocycles. The van der Waals surface area contributed by atoms with E-state index < -0.39 is 4.92 Å². The van der Waals surface area contributed by atoms with Crippen LogP contribution in [-0.4, -0.2) is 34.1 Å². The number of anilines is 2. The van der Waals surface area contributed by atoms with Crippen LogP contribution in [0.15, 0.2) is 6.33 Å². The molecule has 1 aliphatic rings. The SMILES string of the molecule is NNc1ncnc(NCCC2CCCCO2)c1[N+](=O)[O-]. The van der Waals surface area contributed by atoms with Gasteiger partial charge in [-0.2, -0.15) is 0 Å². The molecule has 0 aromatic carbocycles. The third kappa shape index (κ3) is 3.52. The summed E-state index contributed by atoms with van der Waals surface area (Å²) in [5.74, 6) is 5.36. The zero-order valence-electron chi connectivity index (χ0n) is 11.0. The van der Waals surface area contributed by atoms with Crippen LogP contribution < -0.4 is 16.6 Å². The molecule has 9 heteroatoms. The van der Waals surface area contributed by atoms with Crippen LogP contribution in [0.5, 0.6) is 0 Å². The maximum atomic E-state index is 11.0. The third-order valence-corrected chi connectivity index (χ3v) is 3.17. The Hall–Kier alpha value is -2.00. The highest BCUT2D eigenvalue weighted by atomic mass is 16.6. The monoisotopic (exact) mass is 282 g/mol. The maximum Gasteiger partial charge on any atom is 0.354 e. The van der Waals surface area contributed by atoms with E-state index in [-0.39, 0.29) is 23.4 Å². The van der Waals surface area contributed by atoms with E-state index in [1.807, 2.05) is 0 Å². The normalized spacial score (nSPS) is 18.6. The van der Waals surface area contributed by atoms with Gasteiger partial charge in [-0.3, -0.25) is 10.1 Å². The zero-order valence-corrected chi connectivity index (χ0v) is 11.0. The molecule has 1 aliphatic heterocycles. The predicted molar refractivity (Wildman–Crippen MR) is 73.2 cm³/mol. The van der Waals surface area contributed by atoms with Gasteiger partial charge in [-0.05, 0) is 25.7 Å². The maximum absolute atomic E-state index is 11.0. The molecule has 0 radical (unpaired) electrons. The second-order valence-corrected chi connectivity index (χ2v) is 4.52. The van der Waals surface area contributed by atoms with Crippen molar-refractivity contribution in [1.82, 2.24) is 9.97 Å². The molecule has 1 aromatic heterocycles. The third-order valence-electron chi connectivity index (χ3n) is 3.17. The number of rotatable bonds is 6. The summed E-state index contributed by atoms with van der Waals surface area (Å²) in [7, 11) is 0. The number of hydrogen-bond donors (Lipinski definition) is 3. The number of ether oxygens (including phenoxy) is 1. The number of nitrogens with one attached hydrogen (secondary N) is 2. The lowest BCUT2D eigenvalue weighted by Crippen LogP contribution is -2.22. The van der Waals surface area contributed by atoms with Crippen molar-refractivity contribution >= 4 is 17.3 Å². The van der Waals surface area contributed by atoms with Crippen molar-refractivity contribution in [1.29, 1.82) is 0 Å². The lowest BCUT2D eigenvalue weighted by Gasteiger charge is -2.22. The van der Waals surface area contributed by atoms with Gasteiger partial charge in [0.15, 0.2) is 0 Å². The Morgan fingerprint density at radius 3 is 2.90 bits per heavy atom. The standard InChI is InChI=1S/C11H18N6O3/c12-16-11-9(17(18)19)10(14-7-15-11)13-5-4-8-3-1-2-6-20-8/h7-8H,1-6,12H2,(H2,13,14,15,16). The average Bonchev–Trinajstić information content (AvgIpc) is 2.47. The van der Waals surface area contributed by atoms with E-state index in [1.54, 1.807) is 0 Å². The first-order valence-corrected chi connectivity index (χ1v) is 6.54. The molecule has 0 bridgehead atoms. The number of hydrogen-bond acceptors (Lipinski definition) is 8. The van der Waals surface area contributed by atoms with Gasteiger partial charge in [0.2, 0.25) is 11.6 Å². The second kappa shape index (κ2) is 6.96. The fourth-order valence-corrected chi connectivity index (χ4v) is 2.17. The van der Waals surface area contributed by atoms with Crippen molar-refractivity contribution < 1.29 is 9.66 Å². The molecule has 1 unspecified atom stereocenters. The molecule has 0 aliphatic carbocycles. The average molecular weight is 282 g/mol. The van der Waals surface area contributed by atoms with E-state index in [0.29, 0.717) is 6.54 Å². The van der Waals surface area contributed by atoms with Crippen LogP contribution in [0.3, 0.4) is 0 Å². The minimum atomic E-state index is -0.561. The smallest absolute Gasteiger partial charge is 0.354 e. The minimum absolute atomic E-state index is 0.0126. The van der Waals surface area contributed by atoms with Crippen molar-refractivity contribution in [3.8, 4) is 0 Å². The number of nitrogens with zero attached hydrogens (tertiary/aromatic N) is 3. The Labute approximate surface area is 116 Å².